The molecule has 8 nitrogen and oxygen atoms in total. The average molecular weight is 226 g/mol. The van der Waals surface area contributed by atoms with Gasteiger partial charge in [-0.15, -0.1) is 0 Å². The molecule has 0 radical (unpaired) electrons. The molecule has 8 heteroatoms. The standard InChI is InChI=1S/C8H6N2O6/c11-8(12)4-5-6(9(13)14)2-1-3-7(5)10(15)16/h1-3H,4H2,(H,11,12). The van der Waals surface area contributed by atoms with Crippen molar-refractivity contribution in [2.45, 2.75) is 6.42 Å². The number of nitrogens with zero attached hydrogens (tertiary/aromatic N) is 2. The Bertz CT molecular complexity index is 437. The van der Waals surface area contributed by atoms with Crippen molar-refractivity contribution in [3.63, 3.8) is 0 Å². The van der Waals surface area contributed by atoms with Gasteiger partial charge in [0.1, 0.15) is 5.56 Å². The van der Waals surface area contributed by atoms with E-state index in [1.807, 2.05) is 0 Å². The predicted octanol–water partition coefficient (Wildman–Crippen LogP) is 1.13. The van der Waals surface area contributed by atoms with E-state index < -0.39 is 39.2 Å². The number of nitro benzene ring substituents is 2. The minimum Gasteiger partial charge on any atom is -0.481 e. The monoisotopic (exact) mass is 226 g/mol. The maximum atomic E-state index is 10.6. The number of carboxylic acid groups (broad SMARTS) is 1. The molecule has 0 aliphatic rings. The van der Waals surface area contributed by atoms with Gasteiger partial charge in [0.15, 0.2) is 0 Å². The number of hydrogen-bond acceptors (Lipinski definition) is 5. The lowest BCUT2D eigenvalue weighted by molar-refractivity contribution is -0.395. The first-order valence-electron chi connectivity index (χ1n) is 4.06. The molecule has 1 aromatic carbocycles. The van der Waals surface area contributed by atoms with E-state index in [0.717, 1.165) is 18.2 Å². The Morgan fingerprint density at radius 2 is 1.62 bits per heavy atom. The quantitative estimate of drug-likeness (QED) is 0.606. The summed E-state index contributed by atoms with van der Waals surface area (Å²) in [7, 11) is 0. The van der Waals surface area contributed by atoms with Crippen molar-refractivity contribution in [2.24, 2.45) is 0 Å². The first kappa shape index (κ1) is 11.6. The summed E-state index contributed by atoms with van der Waals surface area (Å²) >= 11 is 0. The molecule has 0 bridgehead atoms. The zero-order valence-corrected chi connectivity index (χ0v) is 7.82. The normalized spacial score (nSPS) is 9.75. The second-order valence-corrected chi connectivity index (χ2v) is 2.86. The Morgan fingerprint density at radius 3 is 1.94 bits per heavy atom. The smallest absolute Gasteiger partial charge is 0.308 e. The lowest BCUT2D eigenvalue weighted by atomic mass is 10.1. The number of nitro groups is 2. The maximum absolute atomic E-state index is 10.6. The Kier molecular flexibility index (Phi) is 3.14. The number of hydrogen-bond donors (Lipinski definition) is 1. The highest BCUT2D eigenvalue weighted by Gasteiger charge is 2.26. The van der Waals surface area contributed by atoms with E-state index in [0.29, 0.717) is 0 Å². The van der Waals surface area contributed by atoms with Crippen molar-refractivity contribution in [3.8, 4) is 0 Å². The van der Waals surface area contributed by atoms with Crippen molar-refractivity contribution in [2.75, 3.05) is 0 Å². The lowest BCUT2D eigenvalue weighted by Gasteiger charge is -2.00. The molecule has 0 saturated heterocycles. The molecule has 0 aromatic heterocycles. The lowest BCUT2D eigenvalue weighted by Crippen LogP contribution is -2.07. The molecule has 1 rings (SSSR count). The molecule has 16 heavy (non-hydrogen) atoms. The summed E-state index contributed by atoms with van der Waals surface area (Å²) in [5, 5.41) is 29.7. The van der Waals surface area contributed by atoms with Gasteiger partial charge in [-0.2, -0.15) is 0 Å². The van der Waals surface area contributed by atoms with Crippen LogP contribution in [0, 0.1) is 20.2 Å². The van der Waals surface area contributed by atoms with Gasteiger partial charge in [0.25, 0.3) is 11.4 Å². The van der Waals surface area contributed by atoms with Crippen molar-refractivity contribution >= 4 is 17.3 Å². The molecule has 0 spiro atoms. The molecule has 0 unspecified atom stereocenters. The average Bonchev–Trinajstić information content (AvgIpc) is 2.16. The summed E-state index contributed by atoms with van der Waals surface area (Å²) in [4.78, 5) is 29.9. The highest BCUT2D eigenvalue weighted by Crippen LogP contribution is 2.28. The van der Waals surface area contributed by atoms with Crippen LogP contribution < -0.4 is 0 Å². The van der Waals surface area contributed by atoms with Crippen LogP contribution in [0.4, 0.5) is 11.4 Å². The molecule has 0 heterocycles. The fraction of sp³-hybridized carbons (Fsp3) is 0.125. The van der Waals surface area contributed by atoms with Crippen LogP contribution in [-0.4, -0.2) is 20.9 Å². The molecule has 0 aliphatic carbocycles. The third-order valence-corrected chi connectivity index (χ3v) is 1.85. The zero-order valence-electron chi connectivity index (χ0n) is 7.82. The van der Waals surface area contributed by atoms with Crippen molar-refractivity contribution in [1.29, 1.82) is 0 Å². The van der Waals surface area contributed by atoms with E-state index in [2.05, 4.69) is 0 Å². The highest BCUT2D eigenvalue weighted by atomic mass is 16.6. The van der Waals surface area contributed by atoms with Gasteiger partial charge >= 0.3 is 5.97 Å². The van der Waals surface area contributed by atoms with E-state index in [9.17, 15) is 25.0 Å². The number of benzene rings is 1. The molecular formula is C8H6N2O6. The summed E-state index contributed by atoms with van der Waals surface area (Å²) in [6.45, 7) is 0. The SMILES string of the molecule is O=C(O)Cc1c([N+](=O)[O-])cccc1[N+](=O)[O-]. The van der Waals surface area contributed by atoms with E-state index >= 15 is 0 Å². The van der Waals surface area contributed by atoms with Crippen LogP contribution in [0.25, 0.3) is 0 Å². The van der Waals surface area contributed by atoms with Gasteiger partial charge < -0.3 is 5.11 Å². The van der Waals surface area contributed by atoms with Crippen molar-refractivity contribution in [3.05, 3.63) is 44.0 Å². The Hall–Kier alpha value is -2.51. The summed E-state index contributed by atoms with van der Waals surface area (Å²) < 4.78 is 0. The third-order valence-electron chi connectivity index (χ3n) is 1.85. The van der Waals surface area contributed by atoms with Gasteiger partial charge in [0.2, 0.25) is 0 Å². The molecule has 0 saturated carbocycles. The minimum atomic E-state index is -1.36. The number of rotatable bonds is 4. The summed E-state index contributed by atoms with van der Waals surface area (Å²) in [6, 6.07) is 3.21. The van der Waals surface area contributed by atoms with Crippen LogP contribution in [-0.2, 0) is 11.2 Å². The molecular weight excluding hydrogens is 220 g/mol. The first-order valence-corrected chi connectivity index (χ1v) is 4.06. The second kappa shape index (κ2) is 4.34. The van der Waals surface area contributed by atoms with E-state index in [-0.39, 0.29) is 0 Å². The van der Waals surface area contributed by atoms with E-state index in [1.54, 1.807) is 0 Å². The van der Waals surface area contributed by atoms with Crippen molar-refractivity contribution in [1.82, 2.24) is 0 Å². The van der Waals surface area contributed by atoms with Crippen LogP contribution in [0.15, 0.2) is 18.2 Å². The maximum Gasteiger partial charge on any atom is 0.308 e. The molecule has 1 N–H and O–H groups in total. The van der Waals surface area contributed by atoms with E-state index in [4.69, 9.17) is 5.11 Å². The number of carbonyl (C=O) groups is 1. The zero-order chi connectivity index (χ0) is 12.3. The topological polar surface area (TPSA) is 124 Å². The molecule has 0 amide bonds. The van der Waals surface area contributed by atoms with Gasteiger partial charge in [-0.05, 0) is 6.07 Å². The Labute approximate surface area is 88.4 Å². The fourth-order valence-corrected chi connectivity index (χ4v) is 1.24. The number of aliphatic carboxylic acids is 1. The van der Waals surface area contributed by atoms with Gasteiger partial charge in [-0.25, -0.2) is 0 Å². The molecule has 0 atom stereocenters. The van der Waals surface area contributed by atoms with Crippen molar-refractivity contribution < 1.29 is 19.7 Å². The second-order valence-electron chi connectivity index (χ2n) is 2.86. The fourth-order valence-electron chi connectivity index (χ4n) is 1.24. The van der Waals surface area contributed by atoms with E-state index in [1.165, 1.54) is 0 Å². The summed E-state index contributed by atoms with van der Waals surface area (Å²) in [5.41, 5.74) is -1.52. The molecule has 0 fully saturated rings. The van der Waals surface area contributed by atoms with Gasteiger partial charge in [-0.3, -0.25) is 25.0 Å². The van der Waals surface area contributed by atoms with Crippen LogP contribution in [0.3, 0.4) is 0 Å². The van der Waals surface area contributed by atoms with Crippen LogP contribution in [0.1, 0.15) is 5.56 Å². The Morgan fingerprint density at radius 1 is 1.19 bits per heavy atom. The van der Waals surface area contributed by atoms with Crippen LogP contribution in [0.5, 0.6) is 0 Å². The number of carboxylic acids is 1. The summed E-state index contributed by atoms with van der Waals surface area (Å²) in [6.07, 6.45) is -0.756. The largest absolute Gasteiger partial charge is 0.481 e. The first-order chi connectivity index (χ1) is 7.43. The summed E-state index contributed by atoms with van der Waals surface area (Å²) in [5.74, 6) is -1.36. The predicted molar refractivity (Wildman–Crippen MR) is 51.1 cm³/mol. The van der Waals surface area contributed by atoms with Crippen LogP contribution >= 0.6 is 0 Å². The molecule has 1 aromatic rings. The third kappa shape index (κ3) is 2.29. The van der Waals surface area contributed by atoms with Crippen LogP contribution in [0.2, 0.25) is 0 Å². The van der Waals surface area contributed by atoms with Gasteiger partial charge in [0.05, 0.1) is 16.3 Å². The molecule has 0 aliphatic heterocycles. The molecule has 84 valence electrons. The minimum absolute atomic E-state index is 0.398. The highest BCUT2D eigenvalue weighted by molar-refractivity contribution is 5.74. The van der Waals surface area contributed by atoms with Gasteiger partial charge in [-0.1, -0.05) is 0 Å². The Balaban J connectivity index is 3.40. The van der Waals surface area contributed by atoms with Gasteiger partial charge in [0, 0.05) is 12.1 Å².